The molecule has 3 rings (SSSR count). The van der Waals surface area contributed by atoms with Gasteiger partial charge in [-0.15, -0.1) is 0 Å². The van der Waals surface area contributed by atoms with Gasteiger partial charge in [-0.2, -0.15) is 5.10 Å². The summed E-state index contributed by atoms with van der Waals surface area (Å²) in [6, 6.07) is 8.43. The third-order valence-electron chi connectivity index (χ3n) is 3.93. The summed E-state index contributed by atoms with van der Waals surface area (Å²) in [6.45, 7) is 2.86. The minimum atomic E-state index is -0.493. The summed E-state index contributed by atoms with van der Waals surface area (Å²) in [4.78, 5) is 26.1. The van der Waals surface area contributed by atoms with Crippen LogP contribution in [0.5, 0.6) is 0 Å². The molecule has 2 N–H and O–H groups in total. The summed E-state index contributed by atoms with van der Waals surface area (Å²) in [6.07, 6.45) is 0.736. The number of carbonyl (C=O) groups excluding carboxylic acids is 2. The van der Waals surface area contributed by atoms with Gasteiger partial charge >= 0.3 is 0 Å². The number of aromatic amines is 1. The molecule has 0 radical (unpaired) electrons. The molecule has 7 heteroatoms. The number of aromatic nitrogens is 2. The number of rotatable bonds is 2. The van der Waals surface area contributed by atoms with Gasteiger partial charge < -0.3 is 10.2 Å². The second kappa shape index (κ2) is 6.42. The van der Waals surface area contributed by atoms with E-state index in [2.05, 4.69) is 15.5 Å². The second-order valence-electron chi connectivity index (χ2n) is 5.49. The van der Waals surface area contributed by atoms with E-state index in [1.54, 1.807) is 30.0 Å². The fraction of sp³-hybridized carbons (Fsp3) is 0.312. The van der Waals surface area contributed by atoms with Crippen molar-refractivity contribution in [2.75, 3.05) is 13.1 Å². The molecule has 0 saturated carbocycles. The highest BCUT2D eigenvalue weighted by Gasteiger charge is 2.29. The van der Waals surface area contributed by atoms with Crippen LogP contribution in [0.3, 0.4) is 0 Å². The lowest BCUT2D eigenvalue weighted by molar-refractivity contribution is -0.124. The van der Waals surface area contributed by atoms with E-state index in [0.717, 1.165) is 12.0 Å². The van der Waals surface area contributed by atoms with E-state index < -0.39 is 6.04 Å². The highest BCUT2D eigenvalue weighted by molar-refractivity contribution is 6.30. The van der Waals surface area contributed by atoms with Crippen LogP contribution in [-0.2, 0) is 4.79 Å². The van der Waals surface area contributed by atoms with Gasteiger partial charge in [-0.25, -0.2) is 0 Å². The summed E-state index contributed by atoms with van der Waals surface area (Å²) in [7, 11) is 0. The number of hydrogen-bond acceptors (Lipinski definition) is 3. The van der Waals surface area contributed by atoms with Gasteiger partial charge in [-0.1, -0.05) is 23.7 Å². The van der Waals surface area contributed by atoms with Crippen molar-refractivity contribution in [3.63, 3.8) is 0 Å². The molecule has 1 atom stereocenters. The van der Waals surface area contributed by atoms with Crippen molar-refractivity contribution < 1.29 is 9.59 Å². The Kier molecular flexibility index (Phi) is 4.34. The van der Waals surface area contributed by atoms with Crippen molar-refractivity contribution >= 4 is 23.4 Å². The molecule has 0 bridgehead atoms. The molecule has 0 aliphatic carbocycles. The van der Waals surface area contributed by atoms with E-state index in [-0.39, 0.29) is 11.8 Å². The van der Waals surface area contributed by atoms with E-state index in [4.69, 9.17) is 11.6 Å². The second-order valence-corrected chi connectivity index (χ2v) is 5.93. The first kappa shape index (κ1) is 15.6. The van der Waals surface area contributed by atoms with Gasteiger partial charge in [0.25, 0.3) is 5.91 Å². The molecule has 1 saturated heterocycles. The van der Waals surface area contributed by atoms with Crippen molar-refractivity contribution in [1.29, 1.82) is 0 Å². The van der Waals surface area contributed by atoms with E-state index in [9.17, 15) is 9.59 Å². The molecular weight excluding hydrogens is 316 g/mol. The molecule has 1 unspecified atom stereocenters. The Balaban J connectivity index is 1.83. The van der Waals surface area contributed by atoms with Crippen LogP contribution in [-0.4, -0.2) is 46.0 Å². The number of H-pyrrole nitrogens is 1. The largest absolute Gasteiger partial charge is 0.354 e. The van der Waals surface area contributed by atoms with Crippen LogP contribution in [0.15, 0.2) is 30.3 Å². The Hall–Kier alpha value is -2.34. The molecule has 2 aromatic rings. The van der Waals surface area contributed by atoms with Gasteiger partial charge in [-0.3, -0.25) is 14.7 Å². The standard InChI is InChI=1S/C16H17ClN4O2/c1-10-15(22)18-7-2-8-21(10)16(23)14-9-13(19-20-14)11-3-5-12(17)6-4-11/h3-6,9-10H,2,7-8H2,1H3,(H,18,22)(H,19,20). The molecule has 23 heavy (non-hydrogen) atoms. The predicted molar refractivity (Wildman–Crippen MR) is 87.2 cm³/mol. The van der Waals surface area contributed by atoms with Gasteiger partial charge in [0.05, 0.1) is 5.69 Å². The third-order valence-corrected chi connectivity index (χ3v) is 4.18. The first-order valence-electron chi connectivity index (χ1n) is 7.46. The van der Waals surface area contributed by atoms with Gasteiger partial charge in [-0.05, 0) is 31.5 Å². The number of carbonyl (C=O) groups is 2. The molecule has 1 aromatic heterocycles. The molecule has 2 amide bonds. The maximum atomic E-state index is 12.7. The van der Waals surface area contributed by atoms with Gasteiger partial charge in [0.1, 0.15) is 11.7 Å². The SMILES string of the molecule is CC1C(=O)NCCCN1C(=O)c1cc(-c2ccc(Cl)cc2)n[nH]1. The van der Waals surface area contributed by atoms with E-state index in [1.807, 2.05) is 12.1 Å². The number of nitrogens with zero attached hydrogens (tertiary/aromatic N) is 2. The van der Waals surface area contributed by atoms with Gasteiger partial charge in [0.2, 0.25) is 5.91 Å². The zero-order valence-electron chi connectivity index (χ0n) is 12.7. The summed E-state index contributed by atoms with van der Waals surface area (Å²) in [5, 5.41) is 10.4. The highest BCUT2D eigenvalue weighted by Crippen LogP contribution is 2.21. The lowest BCUT2D eigenvalue weighted by Gasteiger charge is -2.24. The first-order valence-corrected chi connectivity index (χ1v) is 7.84. The van der Waals surface area contributed by atoms with Crippen molar-refractivity contribution in [2.45, 2.75) is 19.4 Å². The third kappa shape index (κ3) is 3.22. The number of amides is 2. The Labute approximate surface area is 138 Å². The molecule has 2 heterocycles. The van der Waals surface area contributed by atoms with Gasteiger partial charge in [0, 0.05) is 23.7 Å². The molecule has 0 spiro atoms. The Morgan fingerprint density at radius 1 is 1.35 bits per heavy atom. The Bertz CT molecular complexity index is 726. The average molecular weight is 333 g/mol. The highest BCUT2D eigenvalue weighted by atomic mass is 35.5. The first-order chi connectivity index (χ1) is 11.1. The Morgan fingerprint density at radius 2 is 2.09 bits per heavy atom. The van der Waals surface area contributed by atoms with Crippen LogP contribution in [0.1, 0.15) is 23.8 Å². The zero-order valence-corrected chi connectivity index (χ0v) is 13.4. The molecule has 1 fully saturated rings. The predicted octanol–water partition coefficient (Wildman–Crippen LogP) is 2.08. The van der Waals surface area contributed by atoms with Gasteiger partial charge in [0.15, 0.2) is 0 Å². The Morgan fingerprint density at radius 3 is 2.83 bits per heavy atom. The maximum absolute atomic E-state index is 12.7. The summed E-state index contributed by atoms with van der Waals surface area (Å²) < 4.78 is 0. The van der Waals surface area contributed by atoms with E-state index in [0.29, 0.717) is 29.5 Å². The summed E-state index contributed by atoms with van der Waals surface area (Å²) in [5.41, 5.74) is 1.90. The van der Waals surface area contributed by atoms with Crippen molar-refractivity contribution in [1.82, 2.24) is 20.4 Å². The number of hydrogen-bond donors (Lipinski definition) is 2. The summed E-state index contributed by atoms with van der Waals surface area (Å²) in [5.74, 6) is -0.351. The number of benzene rings is 1. The van der Waals surface area contributed by atoms with E-state index >= 15 is 0 Å². The molecule has 6 nitrogen and oxygen atoms in total. The quantitative estimate of drug-likeness (QED) is 0.883. The van der Waals surface area contributed by atoms with Crippen molar-refractivity contribution in [3.8, 4) is 11.3 Å². The normalized spacial score (nSPS) is 18.4. The van der Waals surface area contributed by atoms with Crippen LogP contribution in [0, 0.1) is 0 Å². The van der Waals surface area contributed by atoms with Crippen LogP contribution in [0.25, 0.3) is 11.3 Å². The van der Waals surface area contributed by atoms with Crippen molar-refractivity contribution in [3.05, 3.63) is 41.0 Å². The number of halogens is 1. The minimum Gasteiger partial charge on any atom is -0.354 e. The lowest BCUT2D eigenvalue weighted by Crippen LogP contribution is -2.45. The fourth-order valence-electron chi connectivity index (χ4n) is 2.58. The van der Waals surface area contributed by atoms with E-state index in [1.165, 1.54) is 0 Å². The minimum absolute atomic E-state index is 0.131. The lowest BCUT2D eigenvalue weighted by atomic mass is 10.1. The zero-order chi connectivity index (χ0) is 16.4. The summed E-state index contributed by atoms with van der Waals surface area (Å²) >= 11 is 5.87. The number of nitrogens with one attached hydrogen (secondary N) is 2. The smallest absolute Gasteiger partial charge is 0.272 e. The fourth-order valence-corrected chi connectivity index (χ4v) is 2.70. The molecule has 120 valence electrons. The topological polar surface area (TPSA) is 78.1 Å². The molecule has 1 aliphatic rings. The van der Waals surface area contributed by atoms with Crippen LogP contribution >= 0.6 is 11.6 Å². The van der Waals surface area contributed by atoms with Crippen LogP contribution in [0.4, 0.5) is 0 Å². The van der Waals surface area contributed by atoms with Crippen molar-refractivity contribution in [2.24, 2.45) is 0 Å². The average Bonchev–Trinajstić information content (AvgIpc) is 2.98. The van der Waals surface area contributed by atoms with Crippen LogP contribution < -0.4 is 5.32 Å². The molecular formula is C16H17ClN4O2. The molecule has 1 aliphatic heterocycles. The monoisotopic (exact) mass is 332 g/mol. The molecule has 1 aromatic carbocycles. The maximum Gasteiger partial charge on any atom is 0.272 e. The van der Waals surface area contributed by atoms with Crippen LogP contribution in [0.2, 0.25) is 5.02 Å².